The van der Waals surface area contributed by atoms with Crippen LogP contribution in [0.3, 0.4) is 0 Å². The molecule has 0 saturated carbocycles. The quantitative estimate of drug-likeness (QED) is 0.852. The Balaban J connectivity index is 2.08. The summed E-state index contributed by atoms with van der Waals surface area (Å²) >= 11 is 0. The number of sulfonamides is 1. The second-order valence-electron chi connectivity index (χ2n) is 4.74. The largest absolute Gasteiger partial charge is 0.467 e. The minimum absolute atomic E-state index is 0.130. The number of benzene rings is 1. The molecule has 22 heavy (non-hydrogen) atoms. The van der Waals surface area contributed by atoms with Crippen molar-refractivity contribution in [2.75, 3.05) is 6.54 Å². The first-order valence-electron chi connectivity index (χ1n) is 6.88. The second-order valence-corrected chi connectivity index (χ2v) is 6.50. The highest BCUT2D eigenvalue weighted by Gasteiger charge is 2.16. The van der Waals surface area contributed by atoms with E-state index in [4.69, 9.17) is 4.42 Å². The average Bonchev–Trinajstić information content (AvgIpc) is 3.01. The third-order valence-electron chi connectivity index (χ3n) is 3.08. The molecular weight excluding hydrogens is 304 g/mol. The SMILES string of the molecule is CCNS(=O)(=O)c1ccc(C(=O)N[C@@H](C)c2ccco2)cc1. The van der Waals surface area contributed by atoms with Gasteiger partial charge in [-0.15, -0.1) is 0 Å². The third kappa shape index (κ3) is 3.75. The number of amides is 1. The highest BCUT2D eigenvalue weighted by atomic mass is 32.2. The van der Waals surface area contributed by atoms with E-state index in [0.29, 0.717) is 17.9 Å². The topological polar surface area (TPSA) is 88.4 Å². The van der Waals surface area contributed by atoms with Crippen LogP contribution in [0.1, 0.15) is 36.0 Å². The van der Waals surface area contributed by atoms with Crippen molar-refractivity contribution in [2.45, 2.75) is 24.8 Å². The van der Waals surface area contributed by atoms with Gasteiger partial charge in [0.15, 0.2) is 0 Å². The highest BCUT2D eigenvalue weighted by Crippen LogP contribution is 2.14. The number of furan rings is 1. The molecule has 0 aliphatic carbocycles. The van der Waals surface area contributed by atoms with Crippen LogP contribution in [0, 0.1) is 0 Å². The van der Waals surface area contributed by atoms with Gasteiger partial charge in [-0.1, -0.05) is 6.92 Å². The van der Waals surface area contributed by atoms with Crippen molar-refractivity contribution in [3.63, 3.8) is 0 Å². The summed E-state index contributed by atoms with van der Waals surface area (Å²) in [6.07, 6.45) is 1.54. The Labute approximate surface area is 129 Å². The van der Waals surface area contributed by atoms with E-state index in [-0.39, 0.29) is 16.8 Å². The van der Waals surface area contributed by atoms with Crippen molar-refractivity contribution in [1.29, 1.82) is 0 Å². The summed E-state index contributed by atoms with van der Waals surface area (Å²) in [5, 5.41) is 2.78. The van der Waals surface area contributed by atoms with Crippen molar-refractivity contribution < 1.29 is 17.6 Å². The maximum Gasteiger partial charge on any atom is 0.251 e. The van der Waals surface area contributed by atoms with Gasteiger partial charge in [-0.25, -0.2) is 13.1 Å². The lowest BCUT2D eigenvalue weighted by Gasteiger charge is -2.12. The van der Waals surface area contributed by atoms with E-state index in [1.54, 1.807) is 32.2 Å². The number of carbonyl (C=O) groups is 1. The molecule has 1 heterocycles. The van der Waals surface area contributed by atoms with E-state index in [1.165, 1.54) is 24.3 Å². The van der Waals surface area contributed by atoms with E-state index in [2.05, 4.69) is 10.0 Å². The van der Waals surface area contributed by atoms with Crippen molar-refractivity contribution in [3.05, 3.63) is 54.0 Å². The summed E-state index contributed by atoms with van der Waals surface area (Å²) in [5.41, 5.74) is 0.383. The van der Waals surface area contributed by atoms with Crippen LogP contribution in [0.2, 0.25) is 0 Å². The van der Waals surface area contributed by atoms with Crippen molar-refractivity contribution >= 4 is 15.9 Å². The molecule has 2 aromatic rings. The Morgan fingerprint density at radius 1 is 1.23 bits per heavy atom. The molecule has 0 fully saturated rings. The monoisotopic (exact) mass is 322 g/mol. The minimum atomic E-state index is -3.51. The highest BCUT2D eigenvalue weighted by molar-refractivity contribution is 7.89. The van der Waals surface area contributed by atoms with E-state index in [1.807, 2.05) is 0 Å². The lowest BCUT2D eigenvalue weighted by Crippen LogP contribution is -2.26. The van der Waals surface area contributed by atoms with Crippen LogP contribution in [0.25, 0.3) is 0 Å². The molecule has 1 atom stereocenters. The predicted molar refractivity (Wildman–Crippen MR) is 81.9 cm³/mol. The first-order chi connectivity index (χ1) is 10.4. The van der Waals surface area contributed by atoms with Crippen LogP contribution in [0.5, 0.6) is 0 Å². The Kier molecular flexibility index (Phi) is 4.99. The Morgan fingerprint density at radius 3 is 2.45 bits per heavy atom. The molecule has 2 N–H and O–H groups in total. The number of nitrogens with one attached hydrogen (secondary N) is 2. The fourth-order valence-electron chi connectivity index (χ4n) is 1.95. The molecule has 1 aromatic heterocycles. The van der Waals surface area contributed by atoms with Gasteiger partial charge in [0.1, 0.15) is 5.76 Å². The summed E-state index contributed by atoms with van der Waals surface area (Å²) in [5.74, 6) is 0.357. The van der Waals surface area contributed by atoms with Crippen molar-refractivity contribution in [1.82, 2.24) is 10.0 Å². The lowest BCUT2D eigenvalue weighted by molar-refractivity contribution is 0.0935. The smallest absolute Gasteiger partial charge is 0.251 e. The molecule has 0 aliphatic heterocycles. The predicted octanol–water partition coefficient (Wildman–Crippen LogP) is 2.07. The number of rotatable bonds is 6. The molecule has 118 valence electrons. The van der Waals surface area contributed by atoms with E-state index in [9.17, 15) is 13.2 Å². The molecule has 0 spiro atoms. The molecule has 0 radical (unpaired) electrons. The summed E-state index contributed by atoms with van der Waals surface area (Å²) in [7, 11) is -3.51. The van der Waals surface area contributed by atoms with Gasteiger partial charge >= 0.3 is 0 Å². The van der Waals surface area contributed by atoms with Gasteiger partial charge < -0.3 is 9.73 Å². The first kappa shape index (κ1) is 16.3. The van der Waals surface area contributed by atoms with Crippen LogP contribution in [0.15, 0.2) is 52.0 Å². The van der Waals surface area contributed by atoms with Gasteiger partial charge in [0, 0.05) is 12.1 Å². The van der Waals surface area contributed by atoms with E-state index < -0.39 is 10.0 Å². The zero-order chi connectivity index (χ0) is 16.2. The van der Waals surface area contributed by atoms with E-state index >= 15 is 0 Å². The van der Waals surface area contributed by atoms with Gasteiger partial charge in [-0.3, -0.25) is 4.79 Å². The lowest BCUT2D eigenvalue weighted by atomic mass is 10.2. The maximum absolute atomic E-state index is 12.1. The number of hydrogen-bond donors (Lipinski definition) is 2. The maximum atomic E-state index is 12.1. The van der Waals surface area contributed by atoms with Gasteiger partial charge in [0.05, 0.1) is 17.2 Å². The van der Waals surface area contributed by atoms with Crippen LogP contribution < -0.4 is 10.0 Å². The number of carbonyl (C=O) groups excluding carboxylic acids is 1. The molecule has 7 heteroatoms. The third-order valence-corrected chi connectivity index (χ3v) is 4.64. The van der Waals surface area contributed by atoms with E-state index in [0.717, 1.165) is 0 Å². The number of hydrogen-bond acceptors (Lipinski definition) is 4. The fourth-order valence-corrected chi connectivity index (χ4v) is 2.99. The summed E-state index contributed by atoms with van der Waals surface area (Å²) in [6, 6.07) is 9.03. The Bertz CT molecular complexity index is 721. The second kappa shape index (κ2) is 6.76. The molecule has 0 unspecified atom stereocenters. The Morgan fingerprint density at radius 2 is 1.91 bits per heavy atom. The van der Waals surface area contributed by atoms with Gasteiger partial charge in [-0.05, 0) is 43.3 Å². The standard InChI is InChI=1S/C15H18N2O4S/c1-3-16-22(19,20)13-8-6-12(7-9-13)15(18)17-11(2)14-5-4-10-21-14/h4-11,16H,3H2,1-2H3,(H,17,18)/t11-/m0/s1. The zero-order valence-electron chi connectivity index (χ0n) is 12.4. The van der Waals surface area contributed by atoms with Crippen LogP contribution in [0.4, 0.5) is 0 Å². The molecule has 0 saturated heterocycles. The summed E-state index contributed by atoms with van der Waals surface area (Å²) in [6.45, 7) is 3.82. The van der Waals surface area contributed by atoms with Crippen molar-refractivity contribution in [3.8, 4) is 0 Å². The molecule has 0 bridgehead atoms. The summed E-state index contributed by atoms with van der Waals surface area (Å²) < 4.78 is 31.3. The first-order valence-corrected chi connectivity index (χ1v) is 8.36. The van der Waals surface area contributed by atoms with Gasteiger partial charge in [0.25, 0.3) is 5.91 Å². The molecule has 1 aromatic carbocycles. The zero-order valence-corrected chi connectivity index (χ0v) is 13.2. The molecule has 0 aliphatic rings. The van der Waals surface area contributed by atoms with Crippen LogP contribution in [-0.2, 0) is 10.0 Å². The van der Waals surface area contributed by atoms with Crippen LogP contribution in [-0.4, -0.2) is 20.9 Å². The molecule has 2 rings (SSSR count). The van der Waals surface area contributed by atoms with Gasteiger partial charge in [0.2, 0.25) is 10.0 Å². The Hall–Kier alpha value is -2.12. The molecular formula is C15H18N2O4S. The summed E-state index contributed by atoms with van der Waals surface area (Å²) in [4.78, 5) is 12.2. The fraction of sp³-hybridized carbons (Fsp3) is 0.267. The van der Waals surface area contributed by atoms with Gasteiger partial charge in [-0.2, -0.15) is 0 Å². The van der Waals surface area contributed by atoms with Crippen LogP contribution >= 0.6 is 0 Å². The van der Waals surface area contributed by atoms with Crippen molar-refractivity contribution in [2.24, 2.45) is 0 Å². The normalized spacial score (nSPS) is 12.8. The minimum Gasteiger partial charge on any atom is -0.467 e. The molecule has 1 amide bonds. The molecule has 6 nitrogen and oxygen atoms in total. The average molecular weight is 322 g/mol.